The fourth-order valence-corrected chi connectivity index (χ4v) is 4.64. The zero-order valence-electron chi connectivity index (χ0n) is 18.1. The van der Waals surface area contributed by atoms with Crippen LogP contribution < -0.4 is 15.0 Å². The van der Waals surface area contributed by atoms with Crippen molar-refractivity contribution in [1.82, 2.24) is 25.5 Å². The van der Waals surface area contributed by atoms with Gasteiger partial charge in [-0.3, -0.25) is 0 Å². The molecule has 0 unspecified atom stereocenters. The molecule has 0 radical (unpaired) electrons. The molecule has 0 bridgehead atoms. The molecule has 0 aliphatic carbocycles. The molecule has 3 saturated heterocycles. The lowest BCUT2D eigenvalue weighted by atomic mass is 10.1. The van der Waals surface area contributed by atoms with Crippen LogP contribution >= 0.6 is 0 Å². The molecule has 6 rings (SSSR count). The third-order valence-corrected chi connectivity index (χ3v) is 6.33. The van der Waals surface area contributed by atoms with Crippen LogP contribution in [0, 0.1) is 0 Å². The van der Waals surface area contributed by atoms with Gasteiger partial charge in [-0.1, -0.05) is 11.2 Å². The van der Waals surface area contributed by atoms with Crippen molar-refractivity contribution in [2.24, 2.45) is 0 Å². The molecular formula is C22H26N6O5. The quantitative estimate of drug-likeness (QED) is 0.562. The first-order valence-electron chi connectivity index (χ1n) is 11.2. The lowest BCUT2D eigenvalue weighted by Crippen LogP contribution is -2.40. The van der Waals surface area contributed by atoms with E-state index in [1.807, 2.05) is 30.3 Å². The van der Waals surface area contributed by atoms with Crippen LogP contribution in [-0.4, -0.2) is 78.0 Å². The summed E-state index contributed by atoms with van der Waals surface area (Å²) in [6, 6.07) is 12.0. The van der Waals surface area contributed by atoms with E-state index >= 15 is 0 Å². The van der Waals surface area contributed by atoms with E-state index in [9.17, 15) is 0 Å². The van der Waals surface area contributed by atoms with Crippen LogP contribution in [0.5, 0.6) is 11.8 Å². The summed E-state index contributed by atoms with van der Waals surface area (Å²) < 4.78 is 30.8. The van der Waals surface area contributed by atoms with E-state index in [2.05, 4.69) is 31.8 Å². The van der Waals surface area contributed by atoms with Gasteiger partial charge < -0.3 is 33.6 Å². The standard InChI is InChI=1S/C22H26N6O5/c1-3-15(27-6-9-29-10-7-27)11-16(4-1)33-22-24-25-26-28(22)19-14-32-20-18(13-31-21(19)20)23-12-17-5-2-8-30-17/h1-5,8,11,18-21,23H,6-7,9-10,12-14H2/t18-,19-,20+,21+/m0/s1. The van der Waals surface area contributed by atoms with Crippen molar-refractivity contribution in [3.05, 3.63) is 48.4 Å². The summed E-state index contributed by atoms with van der Waals surface area (Å²) in [6.07, 6.45) is 1.42. The molecule has 3 fully saturated rings. The number of ether oxygens (including phenoxy) is 4. The second-order valence-electron chi connectivity index (χ2n) is 8.33. The zero-order valence-corrected chi connectivity index (χ0v) is 18.1. The predicted octanol–water partition coefficient (Wildman–Crippen LogP) is 1.39. The van der Waals surface area contributed by atoms with Crippen LogP contribution in [0.15, 0.2) is 47.1 Å². The molecule has 1 aromatic carbocycles. The van der Waals surface area contributed by atoms with E-state index < -0.39 is 0 Å². The van der Waals surface area contributed by atoms with Crippen molar-refractivity contribution in [2.75, 3.05) is 44.4 Å². The molecule has 2 aromatic heterocycles. The molecule has 4 atom stereocenters. The molecule has 11 heteroatoms. The number of benzene rings is 1. The largest absolute Gasteiger partial charge is 0.468 e. The number of furan rings is 1. The van der Waals surface area contributed by atoms with Crippen molar-refractivity contribution in [1.29, 1.82) is 0 Å². The Kier molecular flexibility index (Phi) is 5.68. The van der Waals surface area contributed by atoms with Gasteiger partial charge in [-0.25, -0.2) is 0 Å². The molecule has 33 heavy (non-hydrogen) atoms. The zero-order chi connectivity index (χ0) is 22.0. The van der Waals surface area contributed by atoms with Crippen molar-refractivity contribution < 1.29 is 23.4 Å². The smallest absolute Gasteiger partial charge is 0.341 e. The molecular weight excluding hydrogens is 428 g/mol. The predicted molar refractivity (Wildman–Crippen MR) is 115 cm³/mol. The molecule has 0 saturated carbocycles. The van der Waals surface area contributed by atoms with E-state index in [1.165, 1.54) is 0 Å². The third kappa shape index (κ3) is 4.20. The van der Waals surface area contributed by atoms with Crippen LogP contribution in [0.1, 0.15) is 11.8 Å². The van der Waals surface area contributed by atoms with Crippen molar-refractivity contribution >= 4 is 5.69 Å². The number of rotatable bonds is 7. The van der Waals surface area contributed by atoms with Crippen LogP contribution in [0.3, 0.4) is 0 Å². The van der Waals surface area contributed by atoms with Gasteiger partial charge in [0.1, 0.15) is 29.8 Å². The van der Waals surface area contributed by atoms with Gasteiger partial charge in [0.2, 0.25) is 0 Å². The first kappa shape index (κ1) is 20.6. The van der Waals surface area contributed by atoms with E-state index in [0.717, 1.165) is 37.8 Å². The number of hydrogen-bond donors (Lipinski definition) is 1. The monoisotopic (exact) mass is 454 g/mol. The average Bonchev–Trinajstić information content (AvgIpc) is 3.64. The molecule has 3 aliphatic rings. The van der Waals surface area contributed by atoms with Crippen molar-refractivity contribution in [3.63, 3.8) is 0 Å². The SMILES string of the molecule is c1cc(Oc2nnnn2[C@H]2CO[C@H]3[C@@H]2OC[C@@H]3NCc2ccco2)cc(N2CCOCC2)c1. The van der Waals surface area contributed by atoms with E-state index in [1.54, 1.807) is 10.9 Å². The van der Waals surface area contributed by atoms with E-state index in [4.69, 9.17) is 23.4 Å². The molecule has 5 heterocycles. The Balaban J connectivity index is 1.13. The number of nitrogens with zero attached hydrogens (tertiary/aromatic N) is 5. The Morgan fingerprint density at radius 3 is 2.85 bits per heavy atom. The summed E-state index contributed by atoms with van der Waals surface area (Å²) in [4.78, 5) is 2.27. The number of aromatic nitrogens is 4. The Morgan fingerprint density at radius 1 is 1.06 bits per heavy atom. The van der Waals surface area contributed by atoms with Crippen LogP contribution in [0.25, 0.3) is 0 Å². The van der Waals surface area contributed by atoms with Crippen LogP contribution in [0.2, 0.25) is 0 Å². The summed E-state index contributed by atoms with van der Waals surface area (Å²) in [6.45, 7) is 4.79. The molecule has 1 N–H and O–H groups in total. The maximum atomic E-state index is 6.09. The van der Waals surface area contributed by atoms with Crippen molar-refractivity contribution in [2.45, 2.75) is 30.8 Å². The molecule has 3 aliphatic heterocycles. The van der Waals surface area contributed by atoms with Gasteiger partial charge in [0.05, 0.1) is 45.3 Å². The number of fused-ring (bicyclic) bond motifs is 1. The summed E-state index contributed by atoms with van der Waals surface area (Å²) in [7, 11) is 0. The number of hydrogen-bond acceptors (Lipinski definition) is 10. The highest BCUT2D eigenvalue weighted by Gasteiger charge is 2.49. The van der Waals surface area contributed by atoms with Crippen LogP contribution in [0.4, 0.5) is 5.69 Å². The lowest BCUT2D eigenvalue weighted by Gasteiger charge is -2.29. The molecule has 11 nitrogen and oxygen atoms in total. The second-order valence-corrected chi connectivity index (χ2v) is 8.33. The Bertz CT molecular complexity index is 1050. The first-order valence-corrected chi connectivity index (χ1v) is 11.2. The van der Waals surface area contributed by atoms with Crippen LogP contribution in [-0.2, 0) is 20.8 Å². The molecule has 3 aromatic rings. The van der Waals surface area contributed by atoms with Gasteiger partial charge >= 0.3 is 6.01 Å². The summed E-state index contributed by atoms with van der Waals surface area (Å²) >= 11 is 0. The highest BCUT2D eigenvalue weighted by atomic mass is 16.6. The topological polar surface area (TPSA) is 109 Å². The van der Waals surface area contributed by atoms with Gasteiger partial charge in [0.15, 0.2) is 0 Å². The fraction of sp³-hybridized carbons (Fsp3) is 0.500. The van der Waals surface area contributed by atoms with Gasteiger partial charge in [-0.15, -0.1) is 0 Å². The van der Waals surface area contributed by atoms with Gasteiger partial charge in [-0.2, -0.15) is 4.68 Å². The molecule has 0 spiro atoms. The highest BCUT2D eigenvalue weighted by molar-refractivity contribution is 5.51. The fourth-order valence-electron chi connectivity index (χ4n) is 4.64. The summed E-state index contributed by atoms with van der Waals surface area (Å²) in [5.41, 5.74) is 1.09. The lowest BCUT2D eigenvalue weighted by molar-refractivity contribution is 0.0611. The number of morpholine rings is 1. The maximum Gasteiger partial charge on any atom is 0.341 e. The Hall–Kier alpha value is -2.99. The average molecular weight is 454 g/mol. The van der Waals surface area contributed by atoms with Gasteiger partial charge in [0, 0.05) is 24.8 Å². The normalized spacial score (nSPS) is 27.1. The number of nitrogens with one attached hydrogen (secondary N) is 1. The first-order chi connectivity index (χ1) is 16.3. The summed E-state index contributed by atoms with van der Waals surface area (Å²) in [5.74, 6) is 1.55. The molecule has 0 amide bonds. The second kappa shape index (κ2) is 9.10. The van der Waals surface area contributed by atoms with Gasteiger partial charge in [0.25, 0.3) is 0 Å². The third-order valence-electron chi connectivity index (χ3n) is 6.33. The molecule has 174 valence electrons. The number of tetrazole rings is 1. The maximum absolute atomic E-state index is 6.09. The minimum Gasteiger partial charge on any atom is -0.468 e. The van der Waals surface area contributed by atoms with Crippen molar-refractivity contribution in [3.8, 4) is 11.8 Å². The summed E-state index contributed by atoms with van der Waals surface area (Å²) in [5, 5.41) is 15.6. The van der Waals surface area contributed by atoms with Gasteiger partial charge in [-0.05, 0) is 34.7 Å². The van der Waals surface area contributed by atoms with E-state index in [-0.39, 0.29) is 24.3 Å². The minimum atomic E-state index is -0.169. The highest BCUT2D eigenvalue weighted by Crippen LogP contribution is 2.36. The Labute approximate surface area is 190 Å². The van der Waals surface area contributed by atoms with E-state index in [0.29, 0.717) is 31.5 Å². The number of anilines is 1. The minimum absolute atomic E-state index is 0.0659. The Morgan fingerprint density at radius 2 is 1.97 bits per heavy atom.